The van der Waals surface area contributed by atoms with Crippen LogP contribution in [-0.2, 0) is 16.9 Å². The number of amides is 1. The highest BCUT2D eigenvalue weighted by Crippen LogP contribution is 2.37. The van der Waals surface area contributed by atoms with E-state index in [2.05, 4.69) is 20.5 Å². The van der Waals surface area contributed by atoms with Crippen LogP contribution in [0.3, 0.4) is 0 Å². The molecule has 0 unspecified atom stereocenters. The second-order valence-electron chi connectivity index (χ2n) is 9.62. The van der Waals surface area contributed by atoms with Crippen LogP contribution in [-0.4, -0.2) is 59.6 Å². The molecule has 1 saturated heterocycles. The van der Waals surface area contributed by atoms with Crippen molar-refractivity contribution in [2.45, 2.75) is 50.9 Å². The lowest BCUT2D eigenvalue weighted by molar-refractivity contribution is -0.129. The number of rotatable bonds is 7. The molecular formula is C26H29F2N7O2. The topological polar surface area (TPSA) is 101 Å². The number of aromatic nitrogens is 5. The van der Waals surface area contributed by atoms with E-state index in [4.69, 9.17) is 0 Å². The van der Waals surface area contributed by atoms with Gasteiger partial charge >= 0.3 is 0 Å². The third kappa shape index (κ3) is 5.04. The van der Waals surface area contributed by atoms with Crippen LogP contribution in [0.15, 0.2) is 55.2 Å². The van der Waals surface area contributed by atoms with Crippen molar-refractivity contribution in [1.82, 2.24) is 29.4 Å². The molecule has 0 aliphatic carbocycles. The minimum Gasteiger partial charge on any atom is -0.382 e. The van der Waals surface area contributed by atoms with Crippen molar-refractivity contribution in [3.63, 3.8) is 0 Å². The van der Waals surface area contributed by atoms with E-state index in [1.165, 1.54) is 23.4 Å². The van der Waals surface area contributed by atoms with E-state index in [0.29, 0.717) is 5.52 Å². The Morgan fingerprint density at radius 2 is 2.00 bits per heavy atom. The van der Waals surface area contributed by atoms with Crippen LogP contribution in [0, 0.1) is 11.6 Å². The lowest BCUT2D eigenvalue weighted by atomic mass is 9.86. The summed E-state index contributed by atoms with van der Waals surface area (Å²) in [6, 6.07) is 8.47. The number of nitrogens with one attached hydrogen (secondary N) is 1. The molecule has 0 bridgehead atoms. The summed E-state index contributed by atoms with van der Waals surface area (Å²) in [5.41, 5.74) is -0.218. The van der Waals surface area contributed by atoms with E-state index in [1.54, 1.807) is 24.7 Å². The Kier molecular flexibility index (Phi) is 6.63. The molecular weight excluding hydrogens is 480 g/mol. The smallest absolute Gasteiger partial charge is 0.219 e. The van der Waals surface area contributed by atoms with E-state index in [-0.39, 0.29) is 24.1 Å². The summed E-state index contributed by atoms with van der Waals surface area (Å²) >= 11 is 0. The van der Waals surface area contributed by atoms with Crippen LogP contribution >= 0.6 is 0 Å². The van der Waals surface area contributed by atoms with Gasteiger partial charge in [0.25, 0.3) is 0 Å². The van der Waals surface area contributed by atoms with Crippen molar-refractivity contribution in [1.29, 1.82) is 0 Å². The number of nitrogens with zero attached hydrogens (tertiary/aromatic N) is 6. The van der Waals surface area contributed by atoms with Crippen molar-refractivity contribution in [3.8, 4) is 0 Å². The van der Waals surface area contributed by atoms with Gasteiger partial charge in [-0.3, -0.25) is 9.48 Å². The largest absolute Gasteiger partial charge is 0.382 e. The van der Waals surface area contributed by atoms with Gasteiger partial charge in [-0.05, 0) is 44.0 Å². The quantitative estimate of drug-likeness (QED) is 0.396. The average molecular weight is 510 g/mol. The molecule has 1 aliphatic rings. The molecule has 9 nitrogen and oxygen atoms in total. The molecule has 11 heteroatoms. The number of carbonyl (C=O) groups is 1. The number of likely N-dealkylation sites (tertiary alicyclic amines) is 1. The Morgan fingerprint density at radius 3 is 2.68 bits per heavy atom. The van der Waals surface area contributed by atoms with E-state index < -0.39 is 23.3 Å². The Balaban J connectivity index is 1.41. The fraction of sp³-hybridized carbons (Fsp3) is 0.385. The first-order valence-corrected chi connectivity index (χ1v) is 12.2. The Bertz CT molecular complexity index is 1400. The van der Waals surface area contributed by atoms with Gasteiger partial charge in [-0.15, -0.1) is 0 Å². The minimum absolute atomic E-state index is 0.0595. The standard InChI is InChI=1S/C26H29F2N7O2/c1-17(26(37,14-34-16-29-15-30-34)23-5-3-20(27)12-24(23)28)35-13-19-11-22(4-6-25(19)32-35)31-21-7-9-33(10-8-21)18(2)36/h3-6,11-13,15-17,21,31,37H,7-10,14H2,1-2H3/t17-,26-/m1/s1. The lowest BCUT2D eigenvalue weighted by Gasteiger charge is -2.34. The zero-order valence-corrected chi connectivity index (χ0v) is 20.7. The average Bonchev–Trinajstić information content (AvgIpc) is 3.53. The number of carbonyl (C=O) groups excluding carboxylic acids is 1. The third-order valence-corrected chi connectivity index (χ3v) is 7.19. The van der Waals surface area contributed by atoms with E-state index in [0.717, 1.165) is 49.1 Å². The monoisotopic (exact) mass is 509 g/mol. The molecule has 1 amide bonds. The molecule has 3 heterocycles. The first-order chi connectivity index (χ1) is 17.7. The van der Waals surface area contributed by atoms with Crippen LogP contribution in [0.25, 0.3) is 10.9 Å². The fourth-order valence-corrected chi connectivity index (χ4v) is 4.97. The molecule has 2 aromatic heterocycles. The van der Waals surface area contributed by atoms with E-state index >= 15 is 0 Å². The van der Waals surface area contributed by atoms with Gasteiger partial charge < -0.3 is 15.3 Å². The Hall–Kier alpha value is -3.86. The van der Waals surface area contributed by atoms with E-state index in [9.17, 15) is 18.7 Å². The van der Waals surface area contributed by atoms with Gasteiger partial charge in [0.15, 0.2) is 0 Å². The van der Waals surface area contributed by atoms with Gasteiger partial charge in [0.1, 0.15) is 29.9 Å². The van der Waals surface area contributed by atoms with Gasteiger partial charge in [0.05, 0.1) is 18.1 Å². The van der Waals surface area contributed by atoms with E-state index in [1.807, 2.05) is 23.1 Å². The lowest BCUT2D eigenvalue weighted by Crippen LogP contribution is -2.41. The number of hydrogen-bond acceptors (Lipinski definition) is 6. The van der Waals surface area contributed by atoms with Gasteiger partial charge in [-0.25, -0.2) is 18.4 Å². The Labute approximate surface area is 212 Å². The van der Waals surface area contributed by atoms with Crippen LogP contribution in [0.2, 0.25) is 0 Å². The molecule has 4 aromatic rings. The van der Waals surface area contributed by atoms with Gasteiger partial charge in [-0.1, -0.05) is 6.07 Å². The molecule has 37 heavy (non-hydrogen) atoms. The molecule has 1 aliphatic heterocycles. The molecule has 0 saturated carbocycles. The second-order valence-corrected chi connectivity index (χ2v) is 9.62. The summed E-state index contributed by atoms with van der Waals surface area (Å²) in [7, 11) is 0. The zero-order valence-electron chi connectivity index (χ0n) is 20.7. The van der Waals surface area contributed by atoms with Gasteiger partial charge in [0, 0.05) is 55.0 Å². The minimum atomic E-state index is -1.81. The third-order valence-electron chi connectivity index (χ3n) is 7.19. The number of benzene rings is 2. The summed E-state index contributed by atoms with van der Waals surface area (Å²) in [4.78, 5) is 17.4. The normalized spacial score (nSPS) is 17.1. The maximum atomic E-state index is 14.9. The van der Waals surface area contributed by atoms with Crippen molar-refractivity contribution >= 4 is 22.5 Å². The fourth-order valence-electron chi connectivity index (χ4n) is 4.97. The van der Waals surface area contributed by atoms with Crippen molar-refractivity contribution in [2.24, 2.45) is 0 Å². The molecule has 1 fully saturated rings. The van der Waals surface area contributed by atoms with Crippen LogP contribution < -0.4 is 5.32 Å². The predicted molar refractivity (Wildman–Crippen MR) is 134 cm³/mol. The van der Waals surface area contributed by atoms with Crippen LogP contribution in [0.5, 0.6) is 0 Å². The number of halogens is 2. The number of anilines is 1. The van der Waals surface area contributed by atoms with Crippen molar-refractivity contribution in [3.05, 3.63) is 72.4 Å². The molecule has 2 atom stereocenters. The Morgan fingerprint density at radius 1 is 1.22 bits per heavy atom. The highest BCUT2D eigenvalue weighted by Gasteiger charge is 2.41. The predicted octanol–water partition coefficient (Wildman–Crippen LogP) is 3.48. The second kappa shape index (κ2) is 9.89. The maximum absolute atomic E-state index is 14.9. The highest BCUT2D eigenvalue weighted by molar-refractivity contribution is 5.82. The zero-order chi connectivity index (χ0) is 26.2. The van der Waals surface area contributed by atoms with Gasteiger partial charge in [0.2, 0.25) is 5.91 Å². The summed E-state index contributed by atoms with van der Waals surface area (Å²) in [6.45, 7) is 4.67. The molecule has 0 radical (unpaired) electrons. The first-order valence-electron chi connectivity index (χ1n) is 12.2. The summed E-state index contributed by atoms with van der Waals surface area (Å²) in [5.74, 6) is -1.48. The summed E-state index contributed by atoms with van der Waals surface area (Å²) in [6.07, 6.45) is 6.29. The first kappa shape index (κ1) is 24.8. The number of aliphatic hydroxyl groups is 1. The molecule has 0 spiro atoms. The van der Waals surface area contributed by atoms with Crippen molar-refractivity contribution in [2.75, 3.05) is 18.4 Å². The molecule has 5 rings (SSSR count). The summed E-state index contributed by atoms with van der Waals surface area (Å²) in [5, 5.41) is 24.9. The summed E-state index contributed by atoms with van der Waals surface area (Å²) < 4.78 is 31.5. The molecule has 2 N–H and O–H groups in total. The van der Waals surface area contributed by atoms with Crippen LogP contribution in [0.1, 0.15) is 38.3 Å². The van der Waals surface area contributed by atoms with Gasteiger partial charge in [-0.2, -0.15) is 10.2 Å². The molecule has 194 valence electrons. The van der Waals surface area contributed by atoms with Crippen molar-refractivity contribution < 1.29 is 18.7 Å². The SMILES string of the molecule is CC(=O)N1CCC(Nc2ccc3nn([C@H](C)[C@](O)(Cn4cncn4)c4ccc(F)cc4F)cc3c2)CC1. The number of fused-ring (bicyclic) bond motifs is 1. The maximum Gasteiger partial charge on any atom is 0.219 e. The number of hydrogen-bond donors (Lipinski definition) is 2. The molecule has 2 aromatic carbocycles. The van der Waals surface area contributed by atoms with Crippen LogP contribution in [0.4, 0.5) is 14.5 Å². The number of piperidine rings is 1. The highest BCUT2D eigenvalue weighted by atomic mass is 19.1.